The molecule has 0 aliphatic rings. The minimum absolute atomic E-state index is 0.0695. The van der Waals surface area contributed by atoms with Crippen LogP contribution in [0.15, 0.2) is 41.3 Å². The van der Waals surface area contributed by atoms with Gasteiger partial charge < -0.3 is 14.4 Å². The standard InChI is InChI=1S/C14H9F3N2O3/c15-14(16,17)22-10-3-1-9(2-4-10)8-19-6-5-12(20)11(7-18)13(19)21/h1-6,20H,8H2/p+1. The van der Waals surface area contributed by atoms with Crippen LogP contribution in [0.5, 0.6) is 11.5 Å². The van der Waals surface area contributed by atoms with Gasteiger partial charge in [-0.2, -0.15) is 0 Å². The van der Waals surface area contributed by atoms with Crippen molar-refractivity contribution < 1.29 is 28.3 Å². The Balaban J connectivity index is 2.22. The molecule has 2 N–H and O–H groups in total. The number of halogens is 3. The molecule has 114 valence electrons. The molecule has 0 aliphatic carbocycles. The Bertz CT molecular complexity index is 774. The van der Waals surface area contributed by atoms with Crippen molar-refractivity contribution in [2.45, 2.75) is 12.9 Å². The number of ether oxygens (including phenoxy) is 1. The van der Waals surface area contributed by atoms with Gasteiger partial charge in [-0.05, 0) is 23.8 Å². The first kappa shape index (κ1) is 15.4. The van der Waals surface area contributed by atoms with Crippen molar-refractivity contribution in [1.82, 2.24) is 4.57 Å². The largest absolute Gasteiger partial charge is 0.573 e. The molecule has 0 spiro atoms. The molecule has 0 saturated heterocycles. The van der Waals surface area contributed by atoms with Crippen LogP contribution in [0.25, 0.3) is 0 Å². The molecule has 0 aliphatic heterocycles. The lowest BCUT2D eigenvalue weighted by molar-refractivity contribution is -0.274. The Labute approximate surface area is 122 Å². The van der Waals surface area contributed by atoms with Crippen molar-refractivity contribution in [2.24, 2.45) is 0 Å². The summed E-state index contributed by atoms with van der Waals surface area (Å²) in [5, 5.41) is 16.4. The highest BCUT2D eigenvalue weighted by atomic mass is 19.4. The Morgan fingerprint density at radius 3 is 2.41 bits per heavy atom. The summed E-state index contributed by atoms with van der Waals surface area (Å²) in [6.45, 7) is 0.0695. The van der Waals surface area contributed by atoms with Crippen molar-refractivity contribution in [1.29, 1.82) is 0 Å². The Kier molecular flexibility index (Phi) is 4.08. The van der Waals surface area contributed by atoms with Gasteiger partial charge in [0.1, 0.15) is 11.5 Å². The van der Waals surface area contributed by atoms with Crippen LogP contribution in [-0.4, -0.2) is 16.0 Å². The van der Waals surface area contributed by atoms with Crippen LogP contribution in [0.3, 0.4) is 0 Å². The number of benzene rings is 1. The van der Waals surface area contributed by atoms with Gasteiger partial charge >= 0.3 is 12.4 Å². The van der Waals surface area contributed by atoms with Gasteiger partial charge in [0.15, 0.2) is 0 Å². The normalized spacial score (nSPS) is 11.0. The SMILES string of the molecule is [NH+]#Cc1c(O)ccn(Cc2ccc(OC(F)(F)F)cc2)c1=O. The number of rotatable bonds is 3. The zero-order valence-electron chi connectivity index (χ0n) is 11.0. The van der Waals surface area contributed by atoms with Gasteiger partial charge in [-0.1, -0.05) is 17.4 Å². The lowest BCUT2D eigenvalue weighted by Gasteiger charge is -2.10. The van der Waals surface area contributed by atoms with Crippen LogP contribution in [0.2, 0.25) is 0 Å². The molecule has 0 radical (unpaired) electrons. The van der Waals surface area contributed by atoms with E-state index >= 15 is 0 Å². The van der Waals surface area contributed by atoms with Crippen molar-refractivity contribution in [3.05, 3.63) is 58.0 Å². The molecule has 0 saturated carbocycles. The molecule has 0 atom stereocenters. The molecule has 0 bridgehead atoms. The zero-order chi connectivity index (χ0) is 16.3. The molecule has 1 aromatic heterocycles. The third-order valence-corrected chi connectivity index (χ3v) is 2.78. The average molecular weight is 311 g/mol. The first-order valence-electron chi connectivity index (χ1n) is 6.00. The van der Waals surface area contributed by atoms with Crippen LogP contribution in [-0.2, 0) is 6.54 Å². The molecule has 8 heteroatoms. The highest BCUT2D eigenvalue weighted by Crippen LogP contribution is 2.22. The maximum atomic E-state index is 12.0. The molecular weight excluding hydrogens is 301 g/mol. The summed E-state index contributed by atoms with van der Waals surface area (Å²) in [5.41, 5.74) is -0.344. The fourth-order valence-corrected chi connectivity index (χ4v) is 1.80. The van der Waals surface area contributed by atoms with E-state index in [1.165, 1.54) is 29.0 Å². The molecule has 0 fully saturated rings. The number of hydrogen-bond acceptors (Lipinski definition) is 3. The van der Waals surface area contributed by atoms with E-state index in [0.717, 1.165) is 12.1 Å². The smallest absolute Gasteiger partial charge is 0.506 e. The zero-order valence-corrected chi connectivity index (χ0v) is 11.0. The van der Waals surface area contributed by atoms with Gasteiger partial charge in [0.05, 0.1) is 6.54 Å². The number of aromatic nitrogens is 1. The number of aromatic hydroxyl groups is 1. The van der Waals surface area contributed by atoms with Crippen LogP contribution in [0.4, 0.5) is 13.2 Å². The van der Waals surface area contributed by atoms with E-state index in [9.17, 15) is 23.1 Å². The van der Waals surface area contributed by atoms with Crippen molar-refractivity contribution in [3.63, 3.8) is 0 Å². The number of nitrogens with one attached hydrogen (secondary N) is 1. The molecular formula is C14H10F3N2O3+. The fraction of sp³-hybridized carbons (Fsp3) is 0.143. The molecule has 5 nitrogen and oxygen atoms in total. The number of hydrogen-bond donors (Lipinski definition) is 2. The summed E-state index contributed by atoms with van der Waals surface area (Å²) >= 11 is 0. The molecule has 2 aromatic rings. The van der Waals surface area contributed by atoms with E-state index in [4.69, 9.17) is 5.26 Å². The highest BCUT2D eigenvalue weighted by molar-refractivity contribution is 5.39. The maximum absolute atomic E-state index is 12.0. The molecule has 2 rings (SSSR count). The Morgan fingerprint density at radius 2 is 1.86 bits per heavy atom. The second kappa shape index (κ2) is 5.81. The first-order chi connectivity index (χ1) is 10.3. The van der Waals surface area contributed by atoms with Crippen molar-refractivity contribution in [3.8, 4) is 17.6 Å². The first-order valence-corrected chi connectivity index (χ1v) is 6.00. The summed E-state index contributed by atoms with van der Waals surface area (Å²) < 4.78 is 41.1. The second-order valence-corrected chi connectivity index (χ2v) is 4.33. The minimum atomic E-state index is -4.76. The van der Waals surface area contributed by atoms with Crippen LogP contribution in [0.1, 0.15) is 11.1 Å². The summed E-state index contributed by atoms with van der Waals surface area (Å²) in [5.74, 6) is -0.715. The average Bonchev–Trinajstić information content (AvgIpc) is 2.43. The quantitative estimate of drug-likeness (QED) is 0.872. The summed E-state index contributed by atoms with van der Waals surface area (Å²) in [4.78, 5) is 11.9. The van der Waals surface area contributed by atoms with E-state index in [1.807, 2.05) is 6.07 Å². The van der Waals surface area contributed by atoms with Crippen molar-refractivity contribution >= 4 is 0 Å². The summed E-state index contributed by atoms with van der Waals surface area (Å²) in [6.07, 6.45) is -3.44. The van der Waals surface area contributed by atoms with Gasteiger partial charge in [-0.15, -0.1) is 13.2 Å². The lowest BCUT2D eigenvalue weighted by Crippen LogP contribution is -2.26. The number of alkyl halides is 3. The third-order valence-electron chi connectivity index (χ3n) is 2.78. The monoisotopic (exact) mass is 311 g/mol. The van der Waals surface area contributed by atoms with Crippen LogP contribution >= 0.6 is 0 Å². The molecule has 1 aromatic carbocycles. The number of pyridine rings is 1. The topological polar surface area (TPSA) is 75.3 Å². The predicted octanol–water partition coefficient (Wildman–Crippen LogP) is 0.622. The fourth-order valence-electron chi connectivity index (χ4n) is 1.80. The lowest BCUT2D eigenvalue weighted by atomic mass is 10.2. The van der Waals surface area contributed by atoms with E-state index in [-0.39, 0.29) is 23.6 Å². The van der Waals surface area contributed by atoms with E-state index in [1.54, 1.807) is 0 Å². The minimum Gasteiger partial charge on any atom is -0.506 e. The summed E-state index contributed by atoms with van der Waals surface area (Å²) in [7, 11) is 0. The Hall–Kier alpha value is -2.95. The van der Waals surface area contributed by atoms with Crippen molar-refractivity contribution in [2.75, 3.05) is 0 Å². The third kappa shape index (κ3) is 3.58. The van der Waals surface area contributed by atoms with E-state index in [0.29, 0.717) is 5.56 Å². The van der Waals surface area contributed by atoms with Crippen LogP contribution in [0, 0.1) is 6.07 Å². The van der Waals surface area contributed by atoms with Gasteiger partial charge in [-0.25, -0.2) is 0 Å². The van der Waals surface area contributed by atoms with E-state index in [2.05, 4.69) is 4.74 Å². The predicted molar refractivity (Wildman–Crippen MR) is 68.5 cm³/mol. The molecule has 0 amide bonds. The van der Waals surface area contributed by atoms with E-state index < -0.39 is 11.9 Å². The van der Waals surface area contributed by atoms with Gasteiger partial charge in [0, 0.05) is 6.20 Å². The number of nitrogens with zero attached hydrogens (tertiary/aromatic N) is 1. The summed E-state index contributed by atoms with van der Waals surface area (Å²) in [6, 6.07) is 8.12. The maximum Gasteiger partial charge on any atom is 0.573 e. The molecule has 22 heavy (non-hydrogen) atoms. The molecule has 1 heterocycles. The van der Waals surface area contributed by atoms with Gasteiger partial charge in [-0.3, -0.25) is 4.79 Å². The van der Waals surface area contributed by atoms with Gasteiger partial charge in [0.25, 0.3) is 5.56 Å². The highest BCUT2D eigenvalue weighted by Gasteiger charge is 2.30. The molecule has 0 unspecified atom stereocenters. The van der Waals surface area contributed by atoms with Crippen LogP contribution < -0.4 is 15.6 Å². The second-order valence-electron chi connectivity index (χ2n) is 4.33. The van der Waals surface area contributed by atoms with Gasteiger partial charge in [0.2, 0.25) is 5.56 Å². The Morgan fingerprint density at radius 1 is 1.23 bits per heavy atom.